The van der Waals surface area contributed by atoms with Gasteiger partial charge in [-0.3, -0.25) is 24.5 Å². The Morgan fingerprint density at radius 2 is 1.18 bits per heavy atom. The standard InChI is InChI=1S/C25H37NO8/c1-23(2,3)33-21(28)13-16-25(26(30)31,17-14-22(29)34-24(4,5)6)15-12-20(27)32-18-19-10-8-7-9-11-19/h7-11H,12-18H2,1-6H3. The molecule has 0 atom stereocenters. The zero-order valence-electron chi connectivity index (χ0n) is 21.0. The van der Waals surface area contributed by atoms with Crippen molar-refractivity contribution in [3.63, 3.8) is 0 Å². The highest BCUT2D eigenvalue weighted by Crippen LogP contribution is 2.31. The van der Waals surface area contributed by atoms with E-state index in [9.17, 15) is 24.5 Å². The van der Waals surface area contributed by atoms with Crippen LogP contribution >= 0.6 is 0 Å². The number of carbonyl (C=O) groups is 3. The summed E-state index contributed by atoms with van der Waals surface area (Å²) in [5.41, 5.74) is -2.34. The van der Waals surface area contributed by atoms with E-state index < -0.39 is 39.6 Å². The molecule has 0 radical (unpaired) electrons. The van der Waals surface area contributed by atoms with E-state index in [1.54, 1.807) is 53.7 Å². The Hall–Kier alpha value is -2.97. The fraction of sp³-hybridized carbons (Fsp3) is 0.640. The molecule has 0 aromatic heterocycles. The molecule has 0 aliphatic heterocycles. The topological polar surface area (TPSA) is 122 Å². The van der Waals surface area contributed by atoms with E-state index >= 15 is 0 Å². The van der Waals surface area contributed by atoms with E-state index in [1.807, 2.05) is 18.2 Å². The van der Waals surface area contributed by atoms with Crippen LogP contribution in [0.1, 0.15) is 85.6 Å². The molecule has 0 unspecified atom stereocenters. The van der Waals surface area contributed by atoms with Gasteiger partial charge in [-0.25, -0.2) is 0 Å². The number of carbonyl (C=O) groups excluding carboxylic acids is 3. The third-order valence-electron chi connectivity index (χ3n) is 4.85. The van der Waals surface area contributed by atoms with Crippen LogP contribution in [0, 0.1) is 10.1 Å². The van der Waals surface area contributed by atoms with E-state index in [2.05, 4.69) is 0 Å². The molecule has 1 rings (SSSR count). The molecular weight excluding hydrogens is 442 g/mol. The Morgan fingerprint density at radius 3 is 1.56 bits per heavy atom. The van der Waals surface area contributed by atoms with Crippen molar-refractivity contribution in [1.82, 2.24) is 0 Å². The molecule has 0 saturated carbocycles. The molecular formula is C25H37NO8. The van der Waals surface area contributed by atoms with Crippen LogP contribution in [0.2, 0.25) is 0 Å². The minimum absolute atomic E-state index is 0.0565. The lowest BCUT2D eigenvalue weighted by Crippen LogP contribution is -2.41. The van der Waals surface area contributed by atoms with Crippen LogP contribution in [0.15, 0.2) is 30.3 Å². The zero-order chi connectivity index (χ0) is 26.0. The van der Waals surface area contributed by atoms with Gasteiger partial charge in [0.05, 0.1) is 19.3 Å². The zero-order valence-corrected chi connectivity index (χ0v) is 21.0. The maximum atomic E-state index is 12.3. The quantitative estimate of drug-likeness (QED) is 0.182. The van der Waals surface area contributed by atoms with Crippen LogP contribution in [0.3, 0.4) is 0 Å². The summed E-state index contributed by atoms with van der Waals surface area (Å²) >= 11 is 0. The fourth-order valence-electron chi connectivity index (χ4n) is 3.25. The van der Waals surface area contributed by atoms with Crippen LogP contribution in [0.25, 0.3) is 0 Å². The number of nitrogens with zero attached hydrogens (tertiary/aromatic N) is 1. The first-order valence-corrected chi connectivity index (χ1v) is 11.4. The number of esters is 3. The molecule has 0 aliphatic rings. The van der Waals surface area contributed by atoms with Crippen LogP contribution < -0.4 is 0 Å². The lowest BCUT2D eigenvalue weighted by Gasteiger charge is -2.27. The predicted molar refractivity (Wildman–Crippen MR) is 125 cm³/mol. The number of ether oxygens (including phenoxy) is 3. The van der Waals surface area contributed by atoms with E-state index in [1.165, 1.54) is 0 Å². The third-order valence-corrected chi connectivity index (χ3v) is 4.85. The summed E-state index contributed by atoms with van der Waals surface area (Å²) in [5, 5.41) is 12.2. The van der Waals surface area contributed by atoms with Crippen molar-refractivity contribution in [2.45, 2.75) is 103 Å². The number of nitro groups is 1. The van der Waals surface area contributed by atoms with Gasteiger partial charge in [0.15, 0.2) is 0 Å². The van der Waals surface area contributed by atoms with Crippen LogP contribution in [0.5, 0.6) is 0 Å². The first-order valence-electron chi connectivity index (χ1n) is 11.4. The fourth-order valence-corrected chi connectivity index (χ4v) is 3.25. The average Bonchev–Trinajstić information content (AvgIpc) is 2.70. The Balaban J connectivity index is 2.88. The summed E-state index contributed by atoms with van der Waals surface area (Å²) < 4.78 is 15.8. The Kier molecular flexibility index (Phi) is 10.7. The summed E-state index contributed by atoms with van der Waals surface area (Å²) in [6, 6.07) is 9.07. The summed E-state index contributed by atoms with van der Waals surface area (Å²) in [4.78, 5) is 48.4. The average molecular weight is 480 g/mol. The second-order valence-electron chi connectivity index (χ2n) is 10.3. The number of hydrogen-bond acceptors (Lipinski definition) is 8. The van der Waals surface area contributed by atoms with Gasteiger partial charge in [-0.1, -0.05) is 30.3 Å². The van der Waals surface area contributed by atoms with Crippen LogP contribution in [-0.4, -0.2) is 39.6 Å². The Labute approximate surface area is 201 Å². The summed E-state index contributed by atoms with van der Waals surface area (Å²) in [5.74, 6) is -1.75. The van der Waals surface area contributed by atoms with Gasteiger partial charge < -0.3 is 14.2 Å². The molecule has 190 valence electrons. The smallest absolute Gasteiger partial charge is 0.306 e. The van der Waals surface area contributed by atoms with Gasteiger partial charge in [0.1, 0.15) is 17.8 Å². The van der Waals surface area contributed by atoms with Gasteiger partial charge in [0.2, 0.25) is 5.54 Å². The lowest BCUT2D eigenvalue weighted by atomic mass is 9.84. The molecule has 0 bridgehead atoms. The van der Waals surface area contributed by atoms with Crippen LogP contribution in [0.4, 0.5) is 0 Å². The van der Waals surface area contributed by atoms with Crippen molar-refractivity contribution in [2.75, 3.05) is 0 Å². The van der Waals surface area contributed by atoms with Gasteiger partial charge in [-0.05, 0) is 47.1 Å². The van der Waals surface area contributed by atoms with E-state index in [-0.39, 0.29) is 45.1 Å². The van der Waals surface area contributed by atoms with Crippen molar-refractivity contribution in [2.24, 2.45) is 0 Å². The highest BCUT2D eigenvalue weighted by Gasteiger charge is 2.44. The van der Waals surface area contributed by atoms with Crippen molar-refractivity contribution in [1.29, 1.82) is 0 Å². The molecule has 0 saturated heterocycles. The molecule has 34 heavy (non-hydrogen) atoms. The Morgan fingerprint density at radius 1 is 0.765 bits per heavy atom. The second kappa shape index (κ2) is 12.5. The van der Waals surface area contributed by atoms with Crippen molar-refractivity contribution in [3.8, 4) is 0 Å². The minimum Gasteiger partial charge on any atom is -0.461 e. The Bertz CT molecular complexity index is 805. The second-order valence-corrected chi connectivity index (χ2v) is 10.3. The molecule has 0 heterocycles. The van der Waals surface area contributed by atoms with E-state index in [0.717, 1.165) is 5.56 Å². The largest absolute Gasteiger partial charge is 0.461 e. The molecule has 0 N–H and O–H groups in total. The molecule has 0 spiro atoms. The van der Waals surface area contributed by atoms with Gasteiger partial charge in [0, 0.05) is 24.2 Å². The maximum absolute atomic E-state index is 12.3. The molecule has 0 amide bonds. The van der Waals surface area contributed by atoms with E-state index in [4.69, 9.17) is 14.2 Å². The highest BCUT2D eigenvalue weighted by molar-refractivity contribution is 5.71. The monoisotopic (exact) mass is 479 g/mol. The number of benzene rings is 1. The molecule has 1 aromatic rings. The molecule has 0 aliphatic carbocycles. The van der Waals surface area contributed by atoms with E-state index in [0.29, 0.717) is 0 Å². The summed E-state index contributed by atoms with van der Waals surface area (Å²) in [6.07, 6.45) is -1.19. The molecule has 9 nitrogen and oxygen atoms in total. The maximum Gasteiger partial charge on any atom is 0.306 e. The number of rotatable bonds is 12. The minimum atomic E-state index is -1.68. The number of hydrogen-bond donors (Lipinski definition) is 0. The first-order chi connectivity index (χ1) is 15.6. The van der Waals surface area contributed by atoms with Crippen molar-refractivity contribution in [3.05, 3.63) is 46.0 Å². The highest BCUT2D eigenvalue weighted by atomic mass is 16.6. The molecule has 0 fully saturated rings. The SMILES string of the molecule is CC(C)(C)OC(=O)CCC(CCC(=O)OCc1ccccc1)(CCC(=O)OC(C)(C)C)[N+](=O)[O-]. The third kappa shape index (κ3) is 11.8. The first kappa shape index (κ1) is 29.1. The molecule has 1 aromatic carbocycles. The predicted octanol–water partition coefficient (Wildman–Crippen LogP) is 4.77. The van der Waals surface area contributed by atoms with Gasteiger partial charge in [0.25, 0.3) is 0 Å². The van der Waals surface area contributed by atoms with Crippen LogP contribution in [-0.2, 0) is 35.2 Å². The van der Waals surface area contributed by atoms with Gasteiger partial charge in [-0.2, -0.15) is 0 Å². The normalized spacial score (nSPS) is 12.1. The summed E-state index contributed by atoms with van der Waals surface area (Å²) in [7, 11) is 0. The van der Waals surface area contributed by atoms with Crippen molar-refractivity contribution < 1.29 is 33.5 Å². The lowest BCUT2D eigenvalue weighted by molar-refractivity contribution is -0.573. The van der Waals surface area contributed by atoms with Gasteiger partial charge >= 0.3 is 17.9 Å². The summed E-state index contributed by atoms with van der Waals surface area (Å²) in [6.45, 7) is 10.3. The molecule has 9 heteroatoms. The van der Waals surface area contributed by atoms with Crippen molar-refractivity contribution >= 4 is 17.9 Å². The van der Waals surface area contributed by atoms with Gasteiger partial charge in [-0.15, -0.1) is 0 Å².